The van der Waals surface area contributed by atoms with Crippen LogP contribution in [0.3, 0.4) is 0 Å². The third kappa shape index (κ3) is 5.03. The number of hydrogen-bond acceptors (Lipinski definition) is 6. The summed E-state index contributed by atoms with van der Waals surface area (Å²) in [6.07, 6.45) is 3.19. The summed E-state index contributed by atoms with van der Waals surface area (Å²) < 4.78 is 10.7. The van der Waals surface area contributed by atoms with Crippen molar-refractivity contribution >= 4 is 29.1 Å². The number of para-hydroxylation sites is 1. The van der Waals surface area contributed by atoms with Gasteiger partial charge in [-0.3, -0.25) is 4.79 Å². The number of hydrazone groups is 1. The van der Waals surface area contributed by atoms with Crippen molar-refractivity contribution < 1.29 is 14.3 Å². The van der Waals surface area contributed by atoms with Gasteiger partial charge in [0.05, 0.1) is 19.0 Å². The number of thiophene rings is 1. The maximum absolute atomic E-state index is 12.5. The maximum atomic E-state index is 12.5. The van der Waals surface area contributed by atoms with E-state index in [9.17, 15) is 4.79 Å². The number of rotatable bonds is 8. The number of nitrogens with one attached hydrogen (secondary N) is 1. The minimum atomic E-state index is -0.368. The fourth-order valence-corrected chi connectivity index (χ4v) is 3.53. The molecule has 1 heterocycles. The Morgan fingerprint density at radius 3 is 2.72 bits per heavy atom. The quantitative estimate of drug-likeness (QED) is 0.330. The summed E-state index contributed by atoms with van der Waals surface area (Å²) in [5.74, 6) is 1.05. The van der Waals surface area contributed by atoms with E-state index < -0.39 is 0 Å². The van der Waals surface area contributed by atoms with Crippen molar-refractivity contribution in [3.8, 4) is 21.9 Å². The fourth-order valence-electron chi connectivity index (χ4n) is 2.56. The van der Waals surface area contributed by atoms with E-state index in [4.69, 9.17) is 15.2 Å². The van der Waals surface area contributed by atoms with Crippen LogP contribution < -0.4 is 20.6 Å². The zero-order valence-corrected chi connectivity index (χ0v) is 16.7. The van der Waals surface area contributed by atoms with Gasteiger partial charge >= 0.3 is 0 Å². The summed E-state index contributed by atoms with van der Waals surface area (Å²) in [6, 6.07) is 16.7. The highest BCUT2D eigenvalue weighted by atomic mass is 32.1. The van der Waals surface area contributed by atoms with Crippen LogP contribution in [0.15, 0.2) is 72.4 Å². The first-order valence-electron chi connectivity index (χ1n) is 8.82. The van der Waals surface area contributed by atoms with Gasteiger partial charge in [0.15, 0.2) is 0 Å². The molecule has 3 N–H and O–H groups in total. The van der Waals surface area contributed by atoms with Crippen molar-refractivity contribution in [3.05, 3.63) is 77.7 Å². The van der Waals surface area contributed by atoms with Crippen molar-refractivity contribution in [2.24, 2.45) is 5.10 Å². The normalized spacial score (nSPS) is 10.7. The number of carbonyl (C=O) groups excluding carboxylic acids is 1. The van der Waals surface area contributed by atoms with Crippen LogP contribution in [0.1, 0.15) is 15.2 Å². The molecule has 29 heavy (non-hydrogen) atoms. The van der Waals surface area contributed by atoms with Gasteiger partial charge in [-0.05, 0) is 48.0 Å². The number of ether oxygens (including phenoxy) is 2. The SMILES string of the molecule is C=CCOc1ccccc1/C=N\NC(=O)c1sc(-c2ccc(OC)cc2)cc1N. The molecular formula is C22H21N3O3S. The zero-order chi connectivity index (χ0) is 20.6. The predicted molar refractivity (Wildman–Crippen MR) is 118 cm³/mol. The molecule has 0 aliphatic heterocycles. The summed E-state index contributed by atoms with van der Waals surface area (Å²) in [4.78, 5) is 13.8. The molecule has 3 rings (SSSR count). The van der Waals surface area contributed by atoms with E-state index in [2.05, 4.69) is 17.1 Å². The van der Waals surface area contributed by atoms with Crippen molar-refractivity contribution in [1.29, 1.82) is 0 Å². The van der Waals surface area contributed by atoms with E-state index in [0.29, 0.717) is 22.9 Å². The first kappa shape index (κ1) is 20.2. The van der Waals surface area contributed by atoms with Gasteiger partial charge in [-0.2, -0.15) is 5.10 Å². The van der Waals surface area contributed by atoms with Crippen LogP contribution in [-0.4, -0.2) is 25.8 Å². The third-order valence-corrected chi connectivity index (χ3v) is 5.19. The van der Waals surface area contributed by atoms with E-state index in [-0.39, 0.29) is 5.91 Å². The largest absolute Gasteiger partial charge is 0.497 e. The van der Waals surface area contributed by atoms with Crippen molar-refractivity contribution in [2.75, 3.05) is 19.5 Å². The van der Waals surface area contributed by atoms with Crippen LogP contribution in [0.4, 0.5) is 5.69 Å². The smallest absolute Gasteiger partial charge is 0.283 e. The van der Waals surface area contributed by atoms with E-state index in [1.54, 1.807) is 19.3 Å². The number of benzene rings is 2. The molecule has 7 heteroatoms. The van der Waals surface area contributed by atoms with Gasteiger partial charge < -0.3 is 15.2 Å². The molecule has 148 valence electrons. The molecule has 2 aromatic carbocycles. The average molecular weight is 407 g/mol. The van der Waals surface area contributed by atoms with Gasteiger partial charge in [-0.15, -0.1) is 11.3 Å². The molecule has 0 unspecified atom stereocenters. The second-order valence-corrected chi connectivity index (χ2v) is 7.01. The highest BCUT2D eigenvalue weighted by Crippen LogP contribution is 2.34. The third-order valence-electron chi connectivity index (χ3n) is 3.99. The lowest BCUT2D eigenvalue weighted by Crippen LogP contribution is -2.17. The first-order valence-corrected chi connectivity index (χ1v) is 9.64. The van der Waals surface area contributed by atoms with Gasteiger partial charge in [-0.1, -0.05) is 24.8 Å². The summed E-state index contributed by atoms with van der Waals surface area (Å²) in [5.41, 5.74) is 10.7. The summed E-state index contributed by atoms with van der Waals surface area (Å²) >= 11 is 1.31. The number of anilines is 1. The second kappa shape index (κ2) is 9.57. The van der Waals surface area contributed by atoms with Crippen molar-refractivity contribution in [3.63, 3.8) is 0 Å². The monoisotopic (exact) mass is 407 g/mol. The number of hydrogen-bond donors (Lipinski definition) is 2. The van der Waals surface area contributed by atoms with Gasteiger partial charge in [0.25, 0.3) is 5.91 Å². The Balaban J connectivity index is 1.71. The molecular weight excluding hydrogens is 386 g/mol. The fraction of sp³-hybridized carbons (Fsp3) is 0.0909. The van der Waals surface area contributed by atoms with Crippen molar-refractivity contribution in [1.82, 2.24) is 5.43 Å². The van der Waals surface area contributed by atoms with Crippen LogP contribution in [0.2, 0.25) is 0 Å². The Labute approximate surface area is 173 Å². The Morgan fingerprint density at radius 1 is 1.24 bits per heavy atom. The van der Waals surface area contributed by atoms with E-state index in [1.807, 2.05) is 48.5 Å². The predicted octanol–water partition coefficient (Wildman–Crippen LogP) is 4.33. The lowest BCUT2D eigenvalue weighted by Gasteiger charge is -2.06. The Hall–Kier alpha value is -3.58. The van der Waals surface area contributed by atoms with Crippen LogP contribution in [-0.2, 0) is 0 Å². The molecule has 0 aliphatic carbocycles. The first-order chi connectivity index (χ1) is 14.1. The molecule has 0 atom stereocenters. The molecule has 1 amide bonds. The van der Waals surface area contributed by atoms with Crippen molar-refractivity contribution in [2.45, 2.75) is 0 Å². The standard InChI is InChI=1S/C22H21N3O3S/c1-3-12-28-19-7-5-4-6-16(19)14-24-25-22(26)21-18(23)13-20(29-21)15-8-10-17(27-2)11-9-15/h3-11,13-14H,1,12,23H2,2H3,(H,25,26)/b24-14-. The molecule has 0 fully saturated rings. The van der Waals surface area contributed by atoms with Crippen LogP contribution in [0.25, 0.3) is 10.4 Å². The Bertz CT molecular complexity index is 1030. The lowest BCUT2D eigenvalue weighted by atomic mass is 10.2. The molecule has 0 aliphatic rings. The number of carbonyl (C=O) groups is 1. The molecule has 3 aromatic rings. The Kier molecular flexibility index (Phi) is 6.65. The van der Waals surface area contributed by atoms with Crippen LogP contribution in [0, 0.1) is 0 Å². The minimum absolute atomic E-state index is 0.368. The lowest BCUT2D eigenvalue weighted by molar-refractivity contribution is 0.0960. The van der Waals surface area contributed by atoms with Gasteiger partial charge in [0.1, 0.15) is 23.0 Å². The van der Waals surface area contributed by atoms with E-state index in [1.165, 1.54) is 17.6 Å². The molecule has 0 radical (unpaired) electrons. The second-order valence-electron chi connectivity index (χ2n) is 5.96. The Morgan fingerprint density at radius 2 is 2.00 bits per heavy atom. The number of nitrogen functional groups attached to an aromatic ring is 1. The van der Waals surface area contributed by atoms with E-state index in [0.717, 1.165) is 21.8 Å². The minimum Gasteiger partial charge on any atom is -0.497 e. The highest BCUT2D eigenvalue weighted by Gasteiger charge is 2.15. The highest BCUT2D eigenvalue weighted by molar-refractivity contribution is 7.18. The van der Waals surface area contributed by atoms with Gasteiger partial charge in [-0.25, -0.2) is 5.43 Å². The topological polar surface area (TPSA) is 85.9 Å². The molecule has 6 nitrogen and oxygen atoms in total. The summed E-state index contributed by atoms with van der Waals surface area (Å²) in [5, 5.41) is 4.04. The van der Waals surface area contributed by atoms with Gasteiger partial charge in [0.2, 0.25) is 0 Å². The van der Waals surface area contributed by atoms with Gasteiger partial charge in [0, 0.05) is 10.4 Å². The molecule has 0 saturated heterocycles. The summed E-state index contributed by atoms with van der Waals surface area (Å²) in [7, 11) is 1.62. The molecule has 0 spiro atoms. The van der Waals surface area contributed by atoms with Crippen LogP contribution >= 0.6 is 11.3 Å². The average Bonchev–Trinajstić information content (AvgIpc) is 3.14. The maximum Gasteiger partial charge on any atom is 0.283 e. The van der Waals surface area contributed by atoms with E-state index >= 15 is 0 Å². The number of nitrogens with two attached hydrogens (primary N) is 1. The zero-order valence-electron chi connectivity index (χ0n) is 15.9. The molecule has 0 bridgehead atoms. The number of amides is 1. The molecule has 0 saturated carbocycles. The van der Waals surface area contributed by atoms with Crippen LogP contribution in [0.5, 0.6) is 11.5 Å². The number of methoxy groups -OCH3 is 1. The summed E-state index contributed by atoms with van der Waals surface area (Å²) in [6.45, 7) is 4.02. The number of nitrogens with zero attached hydrogens (tertiary/aromatic N) is 1. The molecule has 1 aromatic heterocycles.